The Morgan fingerprint density at radius 2 is 1.93 bits per heavy atom. The quantitative estimate of drug-likeness (QED) is 0.309. The number of benzene rings is 1. The summed E-state index contributed by atoms with van der Waals surface area (Å²) < 4.78 is 2.04. The largest absolute Gasteiger partial charge is 0.357 e. The molecule has 0 bridgehead atoms. The van der Waals surface area contributed by atoms with Crippen LogP contribution in [0.2, 0.25) is 10.0 Å². The molecule has 27 heavy (non-hydrogen) atoms. The van der Waals surface area contributed by atoms with Crippen LogP contribution in [0.25, 0.3) is 0 Å². The summed E-state index contributed by atoms with van der Waals surface area (Å²) in [6.45, 7) is 9.09. The van der Waals surface area contributed by atoms with E-state index in [1.807, 2.05) is 29.7 Å². The van der Waals surface area contributed by atoms with Gasteiger partial charge < -0.3 is 15.2 Å². The van der Waals surface area contributed by atoms with Crippen LogP contribution in [-0.4, -0.2) is 40.4 Å². The topological polar surface area (TPSA) is 67.1 Å². The molecule has 2 aromatic rings. The molecule has 1 aromatic carbocycles. The predicted molar refractivity (Wildman–Crippen MR) is 124 cm³/mol. The maximum atomic E-state index is 6.29. The fraction of sp³-hybridized carbons (Fsp3) is 0.500. The van der Waals surface area contributed by atoms with Gasteiger partial charge in [0.25, 0.3) is 0 Å². The van der Waals surface area contributed by atoms with E-state index in [0.717, 1.165) is 43.4 Å². The third-order valence-electron chi connectivity index (χ3n) is 4.02. The van der Waals surface area contributed by atoms with Gasteiger partial charge in [0, 0.05) is 48.6 Å². The summed E-state index contributed by atoms with van der Waals surface area (Å²) in [5.74, 6) is 1.88. The van der Waals surface area contributed by atoms with Crippen LogP contribution in [-0.2, 0) is 13.0 Å². The average Bonchev–Trinajstić information content (AvgIpc) is 3.07. The van der Waals surface area contributed by atoms with Gasteiger partial charge in [0.1, 0.15) is 12.2 Å². The molecule has 6 nitrogen and oxygen atoms in total. The molecule has 150 valence electrons. The van der Waals surface area contributed by atoms with Gasteiger partial charge in [-0.25, -0.2) is 0 Å². The zero-order valence-corrected chi connectivity index (χ0v) is 19.7. The zero-order chi connectivity index (χ0) is 18.9. The first-order valence-electron chi connectivity index (χ1n) is 8.89. The molecular formula is C18H27Cl2IN6. The number of aliphatic imine (C=N–C) groups is 1. The molecular weight excluding hydrogens is 498 g/mol. The molecule has 0 saturated carbocycles. The van der Waals surface area contributed by atoms with Gasteiger partial charge in [0.2, 0.25) is 0 Å². The molecule has 0 amide bonds. The van der Waals surface area contributed by atoms with Gasteiger partial charge in [-0.1, -0.05) is 43.1 Å². The van der Waals surface area contributed by atoms with Crippen molar-refractivity contribution in [2.45, 2.75) is 39.7 Å². The third-order valence-corrected chi connectivity index (χ3v) is 4.68. The lowest BCUT2D eigenvalue weighted by molar-refractivity contribution is 0.631. The molecule has 0 aliphatic rings. The first-order valence-corrected chi connectivity index (χ1v) is 9.65. The Balaban J connectivity index is 0.00000364. The lowest BCUT2D eigenvalue weighted by Gasteiger charge is -2.16. The molecule has 9 heteroatoms. The number of hydrogen-bond donors (Lipinski definition) is 2. The SMILES string of the molecule is CCNC(=NCC(C)c1c(Cl)cccc1Cl)NCCn1cnnc1CC.I. The number of nitrogens with one attached hydrogen (secondary N) is 2. The maximum Gasteiger partial charge on any atom is 0.191 e. The van der Waals surface area contributed by atoms with E-state index in [9.17, 15) is 0 Å². The monoisotopic (exact) mass is 524 g/mol. The Bertz CT molecular complexity index is 714. The summed E-state index contributed by atoms with van der Waals surface area (Å²) in [6.07, 6.45) is 2.62. The Labute approximate surface area is 188 Å². The van der Waals surface area contributed by atoms with E-state index in [1.165, 1.54) is 0 Å². The second-order valence-electron chi connectivity index (χ2n) is 5.98. The molecule has 0 spiro atoms. The van der Waals surface area contributed by atoms with E-state index in [2.05, 4.69) is 39.7 Å². The van der Waals surface area contributed by atoms with Crippen LogP contribution in [0.5, 0.6) is 0 Å². The smallest absolute Gasteiger partial charge is 0.191 e. The number of hydrogen-bond acceptors (Lipinski definition) is 3. The summed E-state index contributed by atoms with van der Waals surface area (Å²) in [7, 11) is 0. The fourth-order valence-corrected chi connectivity index (χ4v) is 3.45. The summed E-state index contributed by atoms with van der Waals surface area (Å²) in [5, 5.41) is 16.0. The van der Waals surface area contributed by atoms with Gasteiger partial charge in [-0.3, -0.25) is 4.99 Å². The van der Waals surface area contributed by atoms with E-state index in [1.54, 1.807) is 6.33 Å². The third kappa shape index (κ3) is 7.12. The van der Waals surface area contributed by atoms with Gasteiger partial charge in [-0.15, -0.1) is 34.2 Å². The standard InChI is InChI=1S/C18H26Cl2N6.HI/c1-4-16-25-24-12-26(16)10-9-22-18(21-5-2)23-11-13(3)17-14(19)7-6-8-15(17)20;/h6-8,12-13H,4-5,9-11H2,1-3H3,(H2,21,22,23);1H. The van der Waals surface area contributed by atoms with Gasteiger partial charge in [-0.05, 0) is 24.6 Å². The Morgan fingerprint density at radius 1 is 1.22 bits per heavy atom. The van der Waals surface area contributed by atoms with E-state index in [-0.39, 0.29) is 29.9 Å². The van der Waals surface area contributed by atoms with Crippen molar-refractivity contribution in [1.29, 1.82) is 0 Å². The lowest BCUT2D eigenvalue weighted by atomic mass is 10.0. The highest BCUT2D eigenvalue weighted by Gasteiger charge is 2.13. The van der Waals surface area contributed by atoms with Gasteiger partial charge >= 0.3 is 0 Å². The van der Waals surface area contributed by atoms with Crippen LogP contribution in [0.3, 0.4) is 0 Å². The molecule has 2 rings (SSSR count). The minimum absolute atomic E-state index is 0. The second-order valence-corrected chi connectivity index (χ2v) is 6.79. The predicted octanol–water partition coefficient (Wildman–Crippen LogP) is 4.12. The normalized spacial score (nSPS) is 12.4. The van der Waals surface area contributed by atoms with E-state index in [4.69, 9.17) is 23.2 Å². The number of halogens is 3. The fourth-order valence-electron chi connectivity index (χ4n) is 2.68. The molecule has 0 radical (unpaired) electrons. The first kappa shape index (κ1) is 24.0. The number of nitrogens with zero attached hydrogens (tertiary/aromatic N) is 4. The van der Waals surface area contributed by atoms with Crippen LogP contribution < -0.4 is 10.6 Å². The number of aryl methyl sites for hydroxylation is 1. The van der Waals surface area contributed by atoms with Crippen molar-refractivity contribution in [3.8, 4) is 0 Å². The highest BCUT2D eigenvalue weighted by molar-refractivity contribution is 14.0. The van der Waals surface area contributed by atoms with Crippen molar-refractivity contribution >= 4 is 53.1 Å². The molecule has 0 aliphatic heterocycles. The lowest BCUT2D eigenvalue weighted by Crippen LogP contribution is -2.39. The van der Waals surface area contributed by atoms with Gasteiger partial charge in [0.05, 0.1) is 0 Å². The highest BCUT2D eigenvalue weighted by atomic mass is 127. The summed E-state index contributed by atoms with van der Waals surface area (Å²) in [5.41, 5.74) is 0.938. The molecule has 1 heterocycles. The number of aromatic nitrogens is 3. The van der Waals surface area contributed by atoms with Crippen molar-refractivity contribution in [2.24, 2.45) is 4.99 Å². The number of guanidine groups is 1. The van der Waals surface area contributed by atoms with Crippen LogP contribution in [0.1, 0.15) is 38.1 Å². The van der Waals surface area contributed by atoms with E-state index in [0.29, 0.717) is 16.6 Å². The molecule has 2 N–H and O–H groups in total. The van der Waals surface area contributed by atoms with Crippen molar-refractivity contribution < 1.29 is 0 Å². The van der Waals surface area contributed by atoms with E-state index >= 15 is 0 Å². The first-order chi connectivity index (χ1) is 12.6. The summed E-state index contributed by atoms with van der Waals surface area (Å²) in [6, 6.07) is 5.57. The molecule has 0 fully saturated rings. The molecule has 1 unspecified atom stereocenters. The van der Waals surface area contributed by atoms with Crippen LogP contribution >= 0.6 is 47.2 Å². The Hall–Kier alpha value is -1.06. The number of rotatable bonds is 8. The van der Waals surface area contributed by atoms with Gasteiger partial charge in [0.15, 0.2) is 5.96 Å². The Morgan fingerprint density at radius 3 is 2.56 bits per heavy atom. The molecule has 0 aliphatic carbocycles. The van der Waals surface area contributed by atoms with Crippen molar-refractivity contribution in [1.82, 2.24) is 25.4 Å². The summed E-state index contributed by atoms with van der Waals surface area (Å²) >= 11 is 12.6. The van der Waals surface area contributed by atoms with Crippen molar-refractivity contribution in [3.05, 3.63) is 46.0 Å². The minimum atomic E-state index is 0. The minimum Gasteiger partial charge on any atom is -0.357 e. The molecule has 0 saturated heterocycles. The van der Waals surface area contributed by atoms with Crippen LogP contribution in [0.4, 0.5) is 0 Å². The summed E-state index contributed by atoms with van der Waals surface area (Å²) in [4.78, 5) is 4.67. The Kier molecular flexibility index (Phi) is 11.0. The molecule has 1 atom stereocenters. The second kappa shape index (κ2) is 12.4. The molecule has 1 aromatic heterocycles. The highest BCUT2D eigenvalue weighted by Crippen LogP contribution is 2.31. The van der Waals surface area contributed by atoms with Crippen LogP contribution in [0.15, 0.2) is 29.5 Å². The van der Waals surface area contributed by atoms with Crippen molar-refractivity contribution in [3.63, 3.8) is 0 Å². The van der Waals surface area contributed by atoms with Crippen molar-refractivity contribution in [2.75, 3.05) is 19.6 Å². The average molecular weight is 525 g/mol. The maximum absolute atomic E-state index is 6.29. The zero-order valence-electron chi connectivity index (χ0n) is 15.9. The van der Waals surface area contributed by atoms with Gasteiger partial charge in [-0.2, -0.15) is 0 Å². The van der Waals surface area contributed by atoms with Crippen LogP contribution in [0, 0.1) is 0 Å². The van der Waals surface area contributed by atoms with E-state index < -0.39 is 0 Å².